The molecule has 4 rings (SSSR count). The van der Waals surface area contributed by atoms with Crippen molar-refractivity contribution in [1.29, 1.82) is 0 Å². The number of aromatic nitrogens is 3. The summed E-state index contributed by atoms with van der Waals surface area (Å²) in [7, 11) is 0. The van der Waals surface area contributed by atoms with Crippen LogP contribution < -0.4 is 4.74 Å². The van der Waals surface area contributed by atoms with Gasteiger partial charge in [0.25, 0.3) is 0 Å². The normalized spacial score (nSPS) is 15.3. The zero-order chi connectivity index (χ0) is 18.1. The molecule has 0 spiro atoms. The van der Waals surface area contributed by atoms with Crippen LogP contribution in [-0.2, 0) is 23.7 Å². The van der Waals surface area contributed by atoms with Gasteiger partial charge in [-0.2, -0.15) is 4.98 Å². The third-order valence-corrected chi connectivity index (χ3v) is 5.55. The van der Waals surface area contributed by atoms with Crippen LogP contribution in [0.25, 0.3) is 11.0 Å². The fraction of sp³-hybridized carbons (Fsp3) is 0.333. The summed E-state index contributed by atoms with van der Waals surface area (Å²) in [6.07, 6.45) is 4.04. The topological polar surface area (TPSA) is 83.2 Å². The molecule has 0 saturated heterocycles. The summed E-state index contributed by atoms with van der Waals surface area (Å²) in [6.45, 7) is 0.305. The van der Waals surface area contributed by atoms with Crippen molar-refractivity contribution in [2.24, 2.45) is 5.92 Å². The van der Waals surface area contributed by atoms with Gasteiger partial charge in [0.15, 0.2) is 5.75 Å². The van der Waals surface area contributed by atoms with Gasteiger partial charge in [-0.15, -0.1) is 0 Å². The fourth-order valence-electron chi connectivity index (χ4n) is 2.71. The van der Waals surface area contributed by atoms with Crippen LogP contribution in [0.3, 0.4) is 0 Å². The Hall–Kier alpha value is -2.16. The van der Waals surface area contributed by atoms with Gasteiger partial charge in [0.2, 0.25) is 0 Å². The second-order valence-electron chi connectivity index (χ2n) is 6.32. The van der Waals surface area contributed by atoms with Crippen LogP contribution in [-0.4, -0.2) is 30.8 Å². The summed E-state index contributed by atoms with van der Waals surface area (Å²) in [5, 5.41) is 9.81. The Labute approximate surface area is 152 Å². The lowest BCUT2D eigenvalue weighted by Gasteiger charge is -2.11. The first kappa shape index (κ1) is 17.3. The lowest BCUT2D eigenvalue weighted by Crippen LogP contribution is -2.14. The lowest BCUT2D eigenvalue weighted by atomic mass is 10.3. The van der Waals surface area contributed by atoms with Crippen LogP contribution in [0, 0.1) is 11.7 Å². The number of hydrogen-bond donors (Lipinski definition) is 1. The molecule has 0 amide bonds. The van der Waals surface area contributed by atoms with Gasteiger partial charge >= 0.3 is 5.16 Å². The average molecular weight is 375 g/mol. The highest BCUT2D eigenvalue weighted by atomic mass is 32.2. The van der Waals surface area contributed by atoms with Crippen LogP contribution in [0.15, 0.2) is 41.7 Å². The Morgan fingerprint density at radius 1 is 1.31 bits per heavy atom. The van der Waals surface area contributed by atoms with Gasteiger partial charge in [0.1, 0.15) is 18.3 Å². The minimum atomic E-state index is -1.54. The SMILES string of the molecule is [O-][S+](Cc1cc(OCC2CC2)ccn1)c1nc2cc(F)ccc2n1CO. The minimum Gasteiger partial charge on any atom is -0.609 e. The Kier molecular flexibility index (Phi) is 4.80. The molecule has 1 aliphatic rings. The van der Waals surface area contributed by atoms with Crippen molar-refractivity contribution in [2.75, 3.05) is 6.61 Å². The second kappa shape index (κ2) is 7.22. The van der Waals surface area contributed by atoms with Crippen LogP contribution in [0.1, 0.15) is 18.5 Å². The molecular weight excluding hydrogens is 357 g/mol. The van der Waals surface area contributed by atoms with Gasteiger partial charge in [-0.3, -0.25) is 9.55 Å². The number of halogens is 1. The molecule has 3 aromatic rings. The molecule has 1 aliphatic carbocycles. The molecule has 2 aromatic heterocycles. The minimum absolute atomic E-state index is 0.131. The van der Waals surface area contributed by atoms with Crippen molar-refractivity contribution < 1.29 is 18.8 Å². The van der Waals surface area contributed by atoms with E-state index in [0.29, 0.717) is 35.0 Å². The van der Waals surface area contributed by atoms with Gasteiger partial charge < -0.3 is 14.4 Å². The number of aliphatic hydroxyl groups excluding tert-OH is 1. The number of imidazole rings is 1. The van der Waals surface area contributed by atoms with E-state index in [-0.39, 0.29) is 17.6 Å². The number of hydrogen-bond acceptors (Lipinski definition) is 5. The summed E-state index contributed by atoms with van der Waals surface area (Å²) in [6, 6.07) is 7.60. The first-order valence-corrected chi connectivity index (χ1v) is 9.68. The maximum absolute atomic E-state index is 13.4. The van der Waals surface area contributed by atoms with Crippen molar-refractivity contribution in [3.05, 3.63) is 48.0 Å². The zero-order valence-corrected chi connectivity index (χ0v) is 14.8. The van der Waals surface area contributed by atoms with Gasteiger partial charge in [-0.05, 0) is 37.0 Å². The maximum Gasteiger partial charge on any atom is 0.326 e. The lowest BCUT2D eigenvalue weighted by molar-refractivity contribution is 0.203. The van der Waals surface area contributed by atoms with E-state index in [1.165, 1.54) is 35.6 Å². The van der Waals surface area contributed by atoms with Crippen molar-refractivity contribution >= 4 is 22.2 Å². The zero-order valence-electron chi connectivity index (χ0n) is 14.0. The van der Waals surface area contributed by atoms with E-state index in [9.17, 15) is 14.0 Å². The summed E-state index contributed by atoms with van der Waals surface area (Å²) in [5.74, 6) is 1.05. The molecule has 1 aromatic carbocycles. The summed E-state index contributed by atoms with van der Waals surface area (Å²) in [4.78, 5) is 8.47. The molecule has 1 fully saturated rings. The summed E-state index contributed by atoms with van der Waals surface area (Å²) < 4.78 is 33.3. The first-order chi connectivity index (χ1) is 12.6. The predicted molar refractivity (Wildman–Crippen MR) is 94.5 cm³/mol. The highest BCUT2D eigenvalue weighted by Gasteiger charge is 2.24. The van der Waals surface area contributed by atoms with Gasteiger partial charge in [0.05, 0.1) is 23.3 Å². The van der Waals surface area contributed by atoms with Crippen molar-refractivity contribution in [2.45, 2.75) is 30.5 Å². The average Bonchev–Trinajstić information content (AvgIpc) is 3.39. The number of fused-ring (bicyclic) bond motifs is 1. The molecule has 1 atom stereocenters. The number of rotatable bonds is 7. The number of nitrogens with zero attached hydrogens (tertiary/aromatic N) is 3. The molecule has 26 heavy (non-hydrogen) atoms. The molecular formula is C18H18FN3O3S. The Morgan fingerprint density at radius 3 is 2.92 bits per heavy atom. The second-order valence-corrected chi connectivity index (χ2v) is 7.67. The van der Waals surface area contributed by atoms with Crippen LogP contribution in [0.2, 0.25) is 0 Å². The molecule has 136 valence electrons. The van der Waals surface area contributed by atoms with E-state index >= 15 is 0 Å². The van der Waals surface area contributed by atoms with E-state index < -0.39 is 17.0 Å². The van der Waals surface area contributed by atoms with Crippen molar-refractivity contribution in [1.82, 2.24) is 14.5 Å². The Bertz CT molecular complexity index is 929. The molecule has 1 saturated carbocycles. The van der Waals surface area contributed by atoms with E-state index in [1.54, 1.807) is 18.3 Å². The van der Waals surface area contributed by atoms with Gasteiger partial charge in [-0.1, -0.05) is 0 Å². The highest BCUT2D eigenvalue weighted by Crippen LogP contribution is 2.30. The number of ether oxygens (including phenoxy) is 1. The predicted octanol–water partition coefficient (Wildman–Crippen LogP) is 2.62. The monoisotopic (exact) mass is 375 g/mol. The van der Waals surface area contributed by atoms with Crippen LogP contribution >= 0.6 is 0 Å². The fourth-order valence-corrected chi connectivity index (χ4v) is 3.87. The van der Waals surface area contributed by atoms with Crippen molar-refractivity contribution in [3.8, 4) is 5.75 Å². The van der Waals surface area contributed by atoms with E-state index in [0.717, 1.165) is 0 Å². The third-order valence-electron chi connectivity index (χ3n) is 4.27. The maximum atomic E-state index is 13.4. The van der Waals surface area contributed by atoms with Crippen LogP contribution in [0.5, 0.6) is 5.75 Å². The smallest absolute Gasteiger partial charge is 0.326 e. The van der Waals surface area contributed by atoms with E-state index in [1.807, 2.05) is 0 Å². The number of aliphatic hydroxyl groups is 1. The van der Waals surface area contributed by atoms with Crippen LogP contribution in [0.4, 0.5) is 4.39 Å². The first-order valence-electron chi connectivity index (χ1n) is 8.37. The number of benzene rings is 1. The molecule has 6 nitrogen and oxygen atoms in total. The van der Waals surface area contributed by atoms with E-state index in [4.69, 9.17) is 4.74 Å². The molecule has 0 radical (unpaired) electrons. The Morgan fingerprint density at radius 2 is 2.15 bits per heavy atom. The third kappa shape index (κ3) is 3.67. The van der Waals surface area contributed by atoms with E-state index in [2.05, 4.69) is 9.97 Å². The highest BCUT2D eigenvalue weighted by molar-refractivity contribution is 7.90. The number of pyridine rings is 1. The molecule has 8 heteroatoms. The standard InChI is InChI=1S/C18H18FN3O3S/c19-13-3-4-17-16(7-13)21-18(22(17)11-23)26(24)10-14-8-15(5-6-20-14)25-9-12-1-2-12/h3-8,12,23H,1-2,9-11H2. The molecule has 1 unspecified atom stereocenters. The quantitative estimate of drug-likeness (QED) is 0.642. The van der Waals surface area contributed by atoms with Gasteiger partial charge in [-0.25, -0.2) is 4.39 Å². The van der Waals surface area contributed by atoms with Gasteiger partial charge in [0, 0.05) is 29.5 Å². The van der Waals surface area contributed by atoms with Crippen molar-refractivity contribution in [3.63, 3.8) is 0 Å². The molecule has 1 N–H and O–H groups in total. The Balaban J connectivity index is 1.55. The summed E-state index contributed by atoms with van der Waals surface area (Å²) >= 11 is -1.54. The molecule has 0 aliphatic heterocycles. The molecule has 0 bridgehead atoms. The largest absolute Gasteiger partial charge is 0.609 e. The molecule has 2 heterocycles. The summed E-state index contributed by atoms with van der Waals surface area (Å²) in [5.41, 5.74) is 1.50.